The molecule has 2 aromatic rings. The molecule has 0 aliphatic carbocycles. The second kappa shape index (κ2) is 6.57. The van der Waals surface area contributed by atoms with E-state index in [0.717, 1.165) is 0 Å². The Labute approximate surface area is 156 Å². The van der Waals surface area contributed by atoms with Crippen molar-refractivity contribution in [3.05, 3.63) is 54.3 Å². The SMILES string of the molecule is C[C@]1(C(=O)N2CCN(c3ccccc3F)CC2)Oc2ccccc2NC1=O. The van der Waals surface area contributed by atoms with Gasteiger partial charge in [0.2, 0.25) is 0 Å². The number of anilines is 2. The van der Waals surface area contributed by atoms with Gasteiger partial charge >= 0.3 is 0 Å². The average molecular weight is 369 g/mol. The predicted molar refractivity (Wildman–Crippen MR) is 99.3 cm³/mol. The number of para-hydroxylation sites is 3. The summed E-state index contributed by atoms with van der Waals surface area (Å²) in [5.41, 5.74) is -0.539. The third-order valence-electron chi connectivity index (χ3n) is 5.05. The number of carbonyl (C=O) groups is 2. The highest BCUT2D eigenvalue weighted by atomic mass is 19.1. The van der Waals surface area contributed by atoms with E-state index >= 15 is 0 Å². The highest BCUT2D eigenvalue weighted by Crippen LogP contribution is 2.34. The fourth-order valence-electron chi connectivity index (χ4n) is 3.47. The molecule has 2 heterocycles. The number of carbonyl (C=O) groups excluding carboxylic acids is 2. The van der Waals surface area contributed by atoms with Crippen molar-refractivity contribution < 1.29 is 18.7 Å². The fourth-order valence-corrected chi connectivity index (χ4v) is 3.47. The summed E-state index contributed by atoms with van der Waals surface area (Å²) in [5.74, 6) is -0.681. The number of halogens is 1. The molecule has 1 fully saturated rings. The van der Waals surface area contributed by atoms with E-state index in [-0.39, 0.29) is 11.7 Å². The number of rotatable bonds is 2. The Hall–Kier alpha value is -3.09. The smallest absolute Gasteiger partial charge is 0.278 e. The van der Waals surface area contributed by atoms with E-state index in [1.807, 2.05) is 4.90 Å². The van der Waals surface area contributed by atoms with Gasteiger partial charge in [0.1, 0.15) is 11.6 Å². The molecular formula is C20H20FN3O3. The Morgan fingerprint density at radius 2 is 1.74 bits per heavy atom. The maximum absolute atomic E-state index is 14.0. The van der Waals surface area contributed by atoms with Gasteiger partial charge in [-0.05, 0) is 31.2 Å². The minimum atomic E-state index is -1.62. The van der Waals surface area contributed by atoms with E-state index in [4.69, 9.17) is 4.74 Å². The third-order valence-corrected chi connectivity index (χ3v) is 5.05. The molecule has 2 aromatic carbocycles. The number of nitrogens with zero attached hydrogens (tertiary/aromatic N) is 2. The van der Waals surface area contributed by atoms with E-state index in [0.29, 0.717) is 43.3 Å². The first-order valence-corrected chi connectivity index (χ1v) is 8.87. The van der Waals surface area contributed by atoms with E-state index < -0.39 is 11.5 Å². The van der Waals surface area contributed by atoms with E-state index in [2.05, 4.69) is 5.32 Å². The molecule has 0 unspecified atom stereocenters. The summed E-state index contributed by atoms with van der Waals surface area (Å²) in [4.78, 5) is 29.1. The first-order chi connectivity index (χ1) is 13.0. The van der Waals surface area contributed by atoms with E-state index in [9.17, 15) is 14.0 Å². The number of benzene rings is 2. The van der Waals surface area contributed by atoms with Crippen LogP contribution in [0.15, 0.2) is 48.5 Å². The number of piperazine rings is 1. The minimum Gasteiger partial charge on any atom is -0.466 e. The van der Waals surface area contributed by atoms with Crippen molar-refractivity contribution in [1.29, 1.82) is 0 Å². The van der Waals surface area contributed by atoms with Gasteiger partial charge in [0, 0.05) is 26.2 Å². The van der Waals surface area contributed by atoms with E-state index in [1.165, 1.54) is 13.0 Å². The molecule has 0 bridgehead atoms. The van der Waals surface area contributed by atoms with Crippen molar-refractivity contribution in [2.24, 2.45) is 0 Å². The third kappa shape index (κ3) is 2.99. The first-order valence-electron chi connectivity index (χ1n) is 8.87. The van der Waals surface area contributed by atoms with Crippen LogP contribution in [0.3, 0.4) is 0 Å². The van der Waals surface area contributed by atoms with Crippen molar-refractivity contribution in [1.82, 2.24) is 4.90 Å². The monoisotopic (exact) mass is 369 g/mol. The Balaban J connectivity index is 1.48. The van der Waals surface area contributed by atoms with Gasteiger partial charge < -0.3 is 19.9 Å². The van der Waals surface area contributed by atoms with Crippen molar-refractivity contribution >= 4 is 23.2 Å². The van der Waals surface area contributed by atoms with Crippen molar-refractivity contribution in [3.8, 4) is 5.75 Å². The zero-order valence-corrected chi connectivity index (χ0v) is 14.9. The maximum atomic E-state index is 14.0. The second-order valence-electron chi connectivity index (χ2n) is 6.82. The molecule has 140 valence electrons. The number of nitrogens with one attached hydrogen (secondary N) is 1. The molecule has 0 saturated carbocycles. The Kier molecular flexibility index (Phi) is 4.22. The lowest BCUT2D eigenvalue weighted by molar-refractivity contribution is -0.154. The summed E-state index contributed by atoms with van der Waals surface area (Å²) in [6.45, 7) is 3.24. The summed E-state index contributed by atoms with van der Waals surface area (Å²) < 4.78 is 19.8. The lowest BCUT2D eigenvalue weighted by Gasteiger charge is -2.41. The Morgan fingerprint density at radius 3 is 2.48 bits per heavy atom. The van der Waals surface area contributed by atoms with Crippen LogP contribution in [0.5, 0.6) is 5.75 Å². The summed E-state index contributed by atoms with van der Waals surface area (Å²) in [6, 6.07) is 13.6. The molecule has 27 heavy (non-hydrogen) atoms. The molecule has 1 saturated heterocycles. The molecule has 2 aliphatic heterocycles. The predicted octanol–water partition coefficient (Wildman–Crippen LogP) is 2.26. The summed E-state index contributed by atoms with van der Waals surface area (Å²) in [7, 11) is 0. The van der Waals surface area contributed by atoms with Crippen molar-refractivity contribution in [3.63, 3.8) is 0 Å². The summed E-state index contributed by atoms with van der Waals surface area (Å²) >= 11 is 0. The van der Waals surface area contributed by atoms with Gasteiger partial charge in [0.25, 0.3) is 17.4 Å². The van der Waals surface area contributed by atoms with Crippen LogP contribution in [-0.2, 0) is 9.59 Å². The van der Waals surface area contributed by atoms with Crippen molar-refractivity contribution in [2.45, 2.75) is 12.5 Å². The van der Waals surface area contributed by atoms with Gasteiger partial charge in [-0.2, -0.15) is 0 Å². The van der Waals surface area contributed by atoms with Crippen LogP contribution in [0.25, 0.3) is 0 Å². The zero-order chi connectivity index (χ0) is 19.0. The molecule has 4 rings (SSSR count). The van der Waals surface area contributed by atoms with Gasteiger partial charge in [-0.1, -0.05) is 24.3 Å². The minimum absolute atomic E-state index is 0.282. The topological polar surface area (TPSA) is 61.9 Å². The average Bonchev–Trinajstić information content (AvgIpc) is 2.69. The summed E-state index contributed by atoms with van der Waals surface area (Å²) in [5, 5.41) is 2.74. The molecule has 0 spiro atoms. The van der Waals surface area contributed by atoms with Gasteiger partial charge in [0.05, 0.1) is 11.4 Å². The van der Waals surface area contributed by atoms with Crippen LogP contribution in [-0.4, -0.2) is 48.5 Å². The molecule has 1 atom stereocenters. The molecule has 0 radical (unpaired) electrons. The molecule has 7 heteroatoms. The van der Waals surface area contributed by atoms with Gasteiger partial charge in [-0.25, -0.2) is 4.39 Å². The first kappa shape index (κ1) is 17.3. The lowest BCUT2D eigenvalue weighted by atomic mass is 10.00. The highest BCUT2D eigenvalue weighted by Gasteiger charge is 2.49. The second-order valence-corrected chi connectivity index (χ2v) is 6.82. The number of hydrogen-bond acceptors (Lipinski definition) is 4. The molecule has 6 nitrogen and oxygen atoms in total. The molecular weight excluding hydrogens is 349 g/mol. The van der Waals surface area contributed by atoms with Gasteiger partial charge in [0.15, 0.2) is 0 Å². The number of amides is 2. The number of hydrogen-bond donors (Lipinski definition) is 1. The highest BCUT2D eigenvalue weighted by molar-refractivity contribution is 6.15. The molecule has 0 aromatic heterocycles. The number of ether oxygens (including phenoxy) is 1. The standard InChI is InChI=1S/C20H20FN3O3/c1-20(18(25)22-15-7-3-5-9-17(15)27-20)19(26)24-12-10-23(11-13-24)16-8-4-2-6-14(16)21/h2-9H,10-13H2,1H3,(H,22,25)/t20-/m0/s1. The van der Waals surface area contributed by atoms with Crippen LogP contribution in [0, 0.1) is 5.82 Å². The quantitative estimate of drug-likeness (QED) is 0.825. The lowest BCUT2D eigenvalue weighted by Crippen LogP contribution is -2.62. The van der Waals surface area contributed by atoms with Crippen LogP contribution in [0.1, 0.15) is 6.92 Å². The zero-order valence-electron chi connectivity index (χ0n) is 14.9. The largest absolute Gasteiger partial charge is 0.466 e. The van der Waals surface area contributed by atoms with Crippen LogP contribution < -0.4 is 15.0 Å². The van der Waals surface area contributed by atoms with Gasteiger partial charge in [-0.3, -0.25) is 9.59 Å². The maximum Gasteiger partial charge on any atom is 0.278 e. The summed E-state index contributed by atoms with van der Waals surface area (Å²) in [6.07, 6.45) is 0. The van der Waals surface area contributed by atoms with E-state index in [1.54, 1.807) is 47.4 Å². The van der Waals surface area contributed by atoms with Gasteiger partial charge in [-0.15, -0.1) is 0 Å². The van der Waals surface area contributed by atoms with Crippen molar-refractivity contribution in [2.75, 3.05) is 36.4 Å². The Morgan fingerprint density at radius 1 is 1.07 bits per heavy atom. The van der Waals surface area contributed by atoms with Crippen LogP contribution in [0.2, 0.25) is 0 Å². The molecule has 1 N–H and O–H groups in total. The Bertz CT molecular complexity index is 896. The normalized spacial score (nSPS) is 21.9. The molecule has 2 amide bonds. The van der Waals surface area contributed by atoms with Crippen LogP contribution in [0.4, 0.5) is 15.8 Å². The molecule has 2 aliphatic rings. The fraction of sp³-hybridized carbons (Fsp3) is 0.300. The van der Waals surface area contributed by atoms with Crippen LogP contribution >= 0.6 is 0 Å². The number of fused-ring (bicyclic) bond motifs is 1.